The van der Waals surface area contributed by atoms with E-state index in [1.165, 1.54) is 11.1 Å². The van der Waals surface area contributed by atoms with E-state index in [9.17, 15) is 0 Å². The van der Waals surface area contributed by atoms with Crippen LogP contribution < -0.4 is 5.48 Å². The van der Waals surface area contributed by atoms with E-state index in [4.69, 9.17) is 5.21 Å². The zero-order chi connectivity index (χ0) is 10.7. The van der Waals surface area contributed by atoms with Crippen LogP contribution in [0.15, 0.2) is 18.2 Å². The van der Waals surface area contributed by atoms with Crippen LogP contribution in [-0.2, 0) is 0 Å². The second-order valence-corrected chi connectivity index (χ2v) is 4.23. The lowest BCUT2D eigenvalue weighted by Gasteiger charge is -2.19. The summed E-state index contributed by atoms with van der Waals surface area (Å²) in [6, 6.07) is 6.00. The van der Waals surface area contributed by atoms with E-state index in [1.54, 1.807) is 0 Å². The van der Waals surface area contributed by atoms with Gasteiger partial charge >= 0.3 is 0 Å². The summed E-state index contributed by atoms with van der Waals surface area (Å²) in [6.07, 6.45) is 0. The molecule has 2 nitrogen and oxygen atoms in total. The standard InChI is InChI=1S/C12H19NO/c1-8(2)10-6-5-7-11(13-14)12(10)9(3)4/h5-9,13-14H,1-4H3. The Morgan fingerprint density at radius 1 is 1.07 bits per heavy atom. The molecule has 14 heavy (non-hydrogen) atoms. The fourth-order valence-electron chi connectivity index (χ4n) is 1.83. The minimum Gasteiger partial charge on any atom is -0.291 e. The molecule has 0 spiro atoms. The summed E-state index contributed by atoms with van der Waals surface area (Å²) in [4.78, 5) is 0. The third kappa shape index (κ3) is 2.07. The Labute approximate surface area is 85.9 Å². The molecule has 0 amide bonds. The molecule has 0 aliphatic heterocycles. The molecule has 0 heterocycles. The summed E-state index contributed by atoms with van der Waals surface area (Å²) in [6.45, 7) is 8.62. The van der Waals surface area contributed by atoms with E-state index >= 15 is 0 Å². The Bertz CT molecular complexity index is 305. The lowest BCUT2D eigenvalue weighted by Crippen LogP contribution is -2.03. The monoisotopic (exact) mass is 193 g/mol. The molecule has 0 radical (unpaired) electrons. The minimum atomic E-state index is 0.420. The Hall–Kier alpha value is -1.02. The van der Waals surface area contributed by atoms with Crippen LogP contribution in [0.2, 0.25) is 0 Å². The van der Waals surface area contributed by atoms with Crippen LogP contribution in [0.25, 0.3) is 0 Å². The molecule has 0 saturated carbocycles. The maximum atomic E-state index is 9.02. The minimum absolute atomic E-state index is 0.420. The zero-order valence-corrected chi connectivity index (χ0v) is 9.33. The zero-order valence-electron chi connectivity index (χ0n) is 9.33. The van der Waals surface area contributed by atoms with Gasteiger partial charge in [0.15, 0.2) is 0 Å². The number of hydrogen-bond acceptors (Lipinski definition) is 2. The van der Waals surface area contributed by atoms with Crippen LogP contribution >= 0.6 is 0 Å². The normalized spacial score (nSPS) is 11.1. The van der Waals surface area contributed by atoms with Crippen LogP contribution in [0, 0.1) is 0 Å². The molecule has 0 bridgehead atoms. The van der Waals surface area contributed by atoms with Gasteiger partial charge in [0.2, 0.25) is 0 Å². The van der Waals surface area contributed by atoms with Gasteiger partial charge in [0.05, 0.1) is 5.69 Å². The molecular weight excluding hydrogens is 174 g/mol. The highest BCUT2D eigenvalue weighted by atomic mass is 16.5. The molecular formula is C12H19NO. The van der Waals surface area contributed by atoms with Crippen molar-refractivity contribution in [3.05, 3.63) is 29.3 Å². The molecule has 0 unspecified atom stereocenters. The van der Waals surface area contributed by atoms with E-state index in [-0.39, 0.29) is 0 Å². The first-order chi connectivity index (χ1) is 6.57. The predicted octanol–water partition coefficient (Wildman–Crippen LogP) is 3.73. The van der Waals surface area contributed by atoms with Crippen molar-refractivity contribution in [1.29, 1.82) is 0 Å². The highest BCUT2D eigenvalue weighted by Gasteiger charge is 2.13. The molecule has 2 heteroatoms. The summed E-state index contributed by atoms with van der Waals surface area (Å²) >= 11 is 0. The Kier molecular flexibility index (Phi) is 3.53. The predicted molar refractivity (Wildman–Crippen MR) is 60.0 cm³/mol. The maximum absolute atomic E-state index is 9.02. The van der Waals surface area contributed by atoms with Gasteiger partial charge in [-0.3, -0.25) is 10.7 Å². The SMILES string of the molecule is CC(C)c1cccc(NO)c1C(C)C. The van der Waals surface area contributed by atoms with Crippen molar-refractivity contribution < 1.29 is 5.21 Å². The van der Waals surface area contributed by atoms with E-state index in [0.29, 0.717) is 11.8 Å². The first kappa shape index (κ1) is 11.1. The Morgan fingerprint density at radius 3 is 2.14 bits per heavy atom. The number of hydrogen-bond donors (Lipinski definition) is 2. The van der Waals surface area contributed by atoms with Crippen LogP contribution in [-0.4, -0.2) is 5.21 Å². The lowest BCUT2D eigenvalue weighted by molar-refractivity contribution is 0.387. The molecule has 1 aromatic carbocycles. The van der Waals surface area contributed by atoms with Crippen molar-refractivity contribution in [2.75, 3.05) is 5.48 Å². The van der Waals surface area contributed by atoms with Crippen LogP contribution in [0.5, 0.6) is 0 Å². The van der Waals surface area contributed by atoms with Gasteiger partial charge in [-0.25, -0.2) is 0 Å². The average Bonchev–Trinajstić information content (AvgIpc) is 2.16. The van der Waals surface area contributed by atoms with Gasteiger partial charge in [0.1, 0.15) is 0 Å². The van der Waals surface area contributed by atoms with E-state index in [0.717, 1.165) is 5.69 Å². The Morgan fingerprint density at radius 2 is 1.71 bits per heavy atom. The van der Waals surface area contributed by atoms with Crippen LogP contribution in [0.4, 0.5) is 5.69 Å². The van der Waals surface area contributed by atoms with Gasteiger partial charge < -0.3 is 0 Å². The fraction of sp³-hybridized carbons (Fsp3) is 0.500. The highest BCUT2D eigenvalue weighted by molar-refractivity contribution is 5.55. The van der Waals surface area contributed by atoms with Crippen molar-refractivity contribution in [3.8, 4) is 0 Å². The summed E-state index contributed by atoms with van der Waals surface area (Å²) in [5.41, 5.74) is 5.62. The average molecular weight is 193 g/mol. The second kappa shape index (κ2) is 4.47. The smallest absolute Gasteiger partial charge is 0.0639 e. The van der Waals surface area contributed by atoms with E-state index in [1.807, 2.05) is 12.1 Å². The molecule has 1 rings (SSSR count). The van der Waals surface area contributed by atoms with Crippen molar-refractivity contribution in [3.63, 3.8) is 0 Å². The maximum Gasteiger partial charge on any atom is 0.0639 e. The second-order valence-electron chi connectivity index (χ2n) is 4.23. The van der Waals surface area contributed by atoms with E-state index in [2.05, 4.69) is 39.2 Å². The van der Waals surface area contributed by atoms with Crippen molar-refractivity contribution in [2.45, 2.75) is 39.5 Å². The summed E-state index contributed by atoms with van der Waals surface area (Å²) in [7, 11) is 0. The lowest BCUT2D eigenvalue weighted by atomic mass is 9.89. The van der Waals surface area contributed by atoms with Gasteiger partial charge in [0.25, 0.3) is 0 Å². The number of rotatable bonds is 3. The van der Waals surface area contributed by atoms with Gasteiger partial charge in [-0.1, -0.05) is 39.8 Å². The third-order valence-corrected chi connectivity index (χ3v) is 2.46. The molecule has 0 aliphatic carbocycles. The topological polar surface area (TPSA) is 32.3 Å². The Balaban J connectivity index is 3.28. The summed E-state index contributed by atoms with van der Waals surface area (Å²) in [5.74, 6) is 0.906. The fourth-order valence-corrected chi connectivity index (χ4v) is 1.83. The van der Waals surface area contributed by atoms with Crippen LogP contribution in [0.1, 0.15) is 50.7 Å². The van der Waals surface area contributed by atoms with Crippen molar-refractivity contribution >= 4 is 5.69 Å². The van der Waals surface area contributed by atoms with Gasteiger partial charge in [-0.05, 0) is 29.0 Å². The summed E-state index contributed by atoms with van der Waals surface area (Å²) in [5, 5.41) is 9.02. The van der Waals surface area contributed by atoms with Crippen molar-refractivity contribution in [1.82, 2.24) is 0 Å². The first-order valence-electron chi connectivity index (χ1n) is 5.10. The molecule has 1 aromatic rings. The number of benzene rings is 1. The highest BCUT2D eigenvalue weighted by Crippen LogP contribution is 2.31. The molecule has 78 valence electrons. The number of nitrogens with one attached hydrogen (secondary N) is 1. The largest absolute Gasteiger partial charge is 0.291 e. The molecule has 0 atom stereocenters. The number of anilines is 1. The van der Waals surface area contributed by atoms with Crippen LogP contribution in [0.3, 0.4) is 0 Å². The summed E-state index contributed by atoms with van der Waals surface area (Å²) < 4.78 is 0. The van der Waals surface area contributed by atoms with Gasteiger partial charge in [-0.2, -0.15) is 0 Å². The van der Waals surface area contributed by atoms with Crippen molar-refractivity contribution in [2.24, 2.45) is 0 Å². The molecule has 0 aliphatic rings. The molecule has 2 N–H and O–H groups in total. The quantitative estimate of drug-likeness (QED) is 0.717. The van der Waals surface area contributed by atoms with Gasteiger partial charge in [-0.15, -0.1) is 0 Å². The molecule has 0 aromatic heterocycles. The van der Waals surface area contributed by atoms with E-state index < -0.39 is 0 Å². The van der Waals surface area contributed by atoms with Gasteiger partial charge in [0, 0.05) is 0 Å². The molecule has 0 saturated heterocycles. The molecule has 0 fully saturated rings. The third-order valence-electron chi connectivity index (χ3n) is 2.46. The first-order valence-corrected chi connectivity index (χ1v) is 5.10.